The van der Waals surface area contributed by atoms with Gasteiger partial charge in [0.25, 0.3) is 5.56 Å². The maximum Gasteiger partial charge on any atom is 0.322 e. The van der Waals surface area contributed by atoms with Crippen LogP contribution in [0.25, 0.3) is 16.6 Å². The Labute approximate surface area is 246 Å². The summed E-state index contributed by atoms with van der Waals surface area (Å²) in [5, 5.41) is 4.69. The molecule has 0 saturated heterocycles. The molecule has 6 nitrogen and oxygen atoms in total. The molecule has 0 radical (unpaired) electrons. The van der Waals surface area contributed by atoms with E-state index in [1.165, 1.54) is 0 Å². The number of carbonyl (C=O) groups excluding carboxylic acids is 1. The zero-order chi connectivity index (χ0) is 28.2. The fourth-order valence-corrected chi connectivity index (χ4v) is 5.05. The molecule has 1 aromatic heterocycles. The van der Waals surface area contributed by atoms with Gasteiger partial charge in [-0.25, -0.2) is 9.78 Å². The molecule has 2 amide bonds. The molecule has 0 aliphatic carbocycles. The van der Waals surface area contributed by atoms with Gasteiger partial charge in [-0.2, -0.15) is 0 Å². The number of para-hydroxylation sites is 1. The maximum atomic E-state index is 13.9. The van der Waals surface area contributed by atoms with E-state index < -0.39 is 6.04 Å². The van der Waals surface area contributed by atoms with Crippen LogP contribution in [-0.4, -0.2) is 20.5 Å². The zero-order valence-corrected chi connectivity index (χ0v) is 23.8. The van der Waals surface area contributed by atoms with E-state index in [9.17, 15) is 9.59 Å². The minimum Gasteiger partial charge on any atom is -0.310 e. The number of rotatable bonds is 7. The van der Waals surface area contributed by atoms with Crippen molar-refractivity contribution in [3.05, 3.63) is 134 Å². The van der Waals surface area contributed by atoms with Crippen molar-refractivity contribution in [1.29, 1.82) is 0 Å². The van der Waals surface area contributed by atoms with Crippen molar-refractivity contribution in [3.8, 4) is 5.69 Å². The highest BCUT2D eigenvalue weighted by Gasteiger charge is 2.29. The van der Waals surface area contributed by atoms with E-state index in [1.807, 2.05) is 43.3 Å². The molecule has 1 heterocycles. The smallest absolute Gasteiger partial charge is 0.310 e. The minimum absolute atomic E-state index is 0.231. The van der Waals surface area contributed by atoms with Crippen LogP contribution in [-0.2, 0) is 6.54 Å². The van der Waals surface area contributed by atoms with Gasteiger partial charge < -0.3 is 10.2 Å². The number of amides is 2. The van der Waals surface area contributed by atoms with Crippen molar-refractivity contribution in [2.45, 2.75) is 25.9 Å². The van der Waals surface area contributed by atoms with E-state index in [1.54, 1.807) is 70.1 Å². The Morgan fingerprint density at radius 3 is 2.30 bits per heavy atom. The maximum absolute atomic E-state index is 13.9. The lowest BCUT2D eigenvalue weighted by Gasteiger charge is -2.32. The number of nitrogens with zero attached hydrogens (tertiary/aromatic N) is 3. The first kappa shape index (κ1) is 27.7. The molecule has 5 rings (SSSR count). The minimum atomic E-state index is -0.573. The van der Waals surface area contributed by atoms with Crippen LogP contribution < -0.4 is 10.9 Å². The van der Waals surface area contributed by atoms with Crippen LogP contribution in [0.4, 0.5) is 10.5 Å². The van der Waals surface area contributed by atoms with Gasteiger partial charge in [0.05, 0.1) is 32.7 Å². The van der Waals surface area contributed by atoms with Gasteiger partial charge in [-0.15, -0.1) is 0 Å². The molecule has 4 aromatic carbocycles. The topological polar surface area (TPSA) is 67.2 Å². The van der Waals surface area contributed by atoms with Crippen molar-refractivity contribution in [3.63, 3.8) is 0 Å². The molecule has 1 atom stereocenters. The summed E-state index contributed by atoms with van der Waals surface area (Å²) in [6, 6.07) is 27.8. The fourth-order valence-electron chi connectivity index (χ4n) is 4.63. The third-order valence-electron chi connectivity index (χ3n) is 6.57. The number of fused-ring (bicyclic) bond motifs is 1. The van der Waals surface area contributed by atoms with Crippen LogP contribution in [0.5, 0.6) is 0 Å². The summed E-state index contributed by atoms with van der Waals surface area (Å²) in [5.41, 5.74) is 2.34. The third kappa shape index (κ3) is 5.85. The lowest BCUT2D eigenvalue weighted by molar-refractivity contribution is 0.177. The van der Waals surface area contributed by atoms with Gasteiger partial charge in [0.15, 0.2) is 0 Å². The molecule has 0 saturated carbocycles. The molecular formula is C31H25Cl3N4O2. The third-order valence-corrected chi connectivity index (χ3v) is 7.57. The van der Waals surface area contributed by atoms with E-state index in [0.717, 1.165) is 5.56 Å². The van der Waals surface area contributed by atoms with Crippen LogP contribution in [0.1, 0.15) is 30.8 Å². The monoisotopic (exact) mass is 590 g/mol. The molecule has 0 bridgehead atoms. The number of hydrogen-bond acceptors (Lipinski definition) is 3. The largest absolute Gasteiger partial charge is 0.322 e. The summed E-state index contributed by atoms with van der Waals surface area (Å²) in [6.07, 6.45) is 0.486. The number of halogens is 3. The number of benzene rings is 4. The molecule has 5 aromatic rings. The highest BCUT2D eigenvalue weighted by atomic mass is 35.5. The summed E-state index contributed by atoms with van der Waals surface area (Å²) in [7, 11) is 0. The molecule has 0 aliphatic rings. The zero-order valence-electron chi connectivity index (χ0n) is 21.5. The Morgan fingerprint density at radius 2 is 1.60 bits per heavy atom. The van der Waals surface area contributed by atoms with Crippen LogP contribution >= 0.6 is 34.8 Å². The van der Waals surface area contributed by atoms with Crippen LogP contribution in [0.3, 0.4) is 0 Å². The molecule has 9 heteroatoms. The van der Waals surface area contributed by atoms with Crippen molar-refractivity contribution >= 4 is 57.4 Å². The molecule has 0 spiro atoms. The van der Waals surface area contributed by atoms with Gasteiger partial charge in [0.2, 0.25) is 0 Å². The van der Waals surface area contributed by atoms with E-state index in [0.29, 0.717) is 49.6 Å². The summed E-state index contributed by atoms with van der Waals surface area (Å²) in [5.74, 6) is 0.439. The summed E-state index contributed by atoms with van der Waals surface area (Å²) in [6.45, 7) is 2.23. The number of carbonyl (C=O) groups is 1. The quantitative estimate of drug-likeness (QED) is 0.206. The fraction of sp³-hybridized carbons (Fsp3) is 0.129. The summed E-state index contributed by atoms with van der Waals surface area (Å²) >= 11 is 18.5. The van der Waals surface area contributed by atoms with Crippen molar-refractivity contribution in [2.75, 3.05) is 5.32 Å². The number of anilines is 1. The predicted octanol–water partition coefficient (Wildman–Crippen LogP) is 8.53. The van der Waals surface area contributed by atoms with Gasteiger partial charge in [-0.1, -0.05) is 84.2 Å². The normalized spacial score (nSPS) is 11.8. The Hall–Kier alpha value is -3.84. The van der Waals surface area contributed by atoms with Gasteiger partial charge >= 0.3 is 6.03 Å². The Kier molecular flexibility index (Phi) is 8.40. The Morgan fingerprint density at radius 1 is 0.900 bits per heavy atom. The molecule has 202 valence electrons. The first-order valence-corrected chi connectivity index (χ1v) is 13.8. The van der Waals surface area contributed by atoms with E-state index >= 15 is 0 Å². The molecule has 0 aliphatic heterocycles. The van der Waals surface area contributed by atoms with Crippen molar-refractivity contribution in [1.82, 2.24) is 14.5 Å². The molecule has 0 fully saturated rings. The van der Waals surface area contributed by atoms with Crippen molar-refractivity contribution in [2.24, 2.45) is 0 Å². The second kappa shape index (κ2) is 12.1. The second-order valence-electron chi connectivity index (χ2n) is 9.20. The van der Waals surface area contributed by atoms with Crippen LogP contribution in [0.15, 0.2) is 102 Å². The number of nitrogens with one attached hydrogen (secondary N) is 1. The first-order valence-electron chi connectivity index (χ1n) is 12.7. The van der Waals surface area contributed by atoms with Crippen LogP contribution in [0, 0.1) is 0 Å². The van der Waals surface area contributed by atoms with Gasteiger partial charge in [0, 0.05) is 17.3 Å². The Balaban J connectivity index is 1.67. The standard InChI is InChI=1S/C31H25Cl3N4O2/c1-2-28(29-36-27-11-7-6-10-24(27)30(39)38(29)23-15-12-21(32)13-16-23)37(19-20-8-4-3-5-9-20)31(40)35-22-14-17-25(33)26(34)18-22/h3-18,28H,2,19H2,1H3,(H,35,40). The SMILES string of the molecule is CCC(c1nc2ccccc2c(=O)n1-c1ccc(Cl)cc1)N(Cc1ccccc1)C(=O)Nc1ccc(Cl)c(Cl)c1. The average Bonchev–Trinajstić information content (AvgIpc) is 2.96. The highest BCUT2D eigenvalue weighted by molar-refractivity contribution is 6.42. The molecule has 1 unspecified atom stereocenters. The van der Waals surface area contributed by atoms with E-state index in [2.05, 4.69) is 5.32 Å². The summed E-state index contributed by atoms with van der Waals surface area (Å²) < 4.78 is 1.57. The van der Waals surface area contributed by atoms with E-state index in [4.69, 9.17) is 39.8 Å². The van der Waals surface area contributed by atoms with Crippen molar-refractivity contribution < 1.29 is 4.79 Å². The number of aromatic nitrogens is 2. The van der Waals surface area contributed by atoms with Gasteiger partial charge in [0.1, 0.15) is 5.82 Å². The predicted molar refractivity (Wildman–Crippen MR) is 163 cm³/mol. The molecule has 40 heavy (non-hydrogen) atoms. The first-order chi connectivity index (χ1) is 19.4. The van der Waals surface area contributed by atoms with E-state index in [-0.39, 0.29) is 18.1 Å². The van der Waals surface area contributed by atoms with Crippen LogP contribution in [0.2, 0.25) is 15.1 Å². The molecule has 1 N–H and O–H groups in total. The van der Waals surface area contributed by atoms with Gasteiger partial charge in [-0.3, -0.25) is 9.36 Å². The molecular weight excluding hydrogens is 567 g/mol. The average molecular weight is 592 g/mol. The highest BCUT2D eigenvalue weighted by Crippen LogP contribution is 2.30. The Bertz CT molecular complexity index is 1720. The lowest BCUT2D eigenvalue weighted by Crippen LogP contribution is -2.40. The summed E-state index contributed by atoms with van der Waals surface area (Å²) in [4.78, 5) is 34.5. The number of hydrogen-bond donors (Lipinski definition) is 1. The lowest BCUT2D eigenvalue weighted by atomic mass is 10.1. The second-order valence-corrected chi connectivity index (χ2v) is 10.5. The number of urea groups is 1. The van der Waals surface area contributed by atoms with Gasteiger partial charge in [-0.05, 0) is 66.6 Å².